The summed E-state index contributed by atoms with van der Waals surface area (Å²) in [6.45, 7) is 8.14. The molecule has 3 N–H and O–H groups in total. The summed E-state index contributed by atoms with van der Waals surface area (Å²) in [5, 5.41) is 31.0. The van der Waals surface area contributed by atoms with Gasteiger partial charge in [-0.15, -0.1) is 9.24 Å². The van der Waals surface area contributed by atoms with Crippen LogP contribution in [0.1, 0.15) is 58.7 Å². The predicted octanol–water partition coefficient (Wildman–Crippen LogP) is 6.57. The van der Waals surface area contributed by atoms with E-state index in [1.807, 2.05) is 57.2 Å². The predicted molar refractivity (Wildman–Crippen MR) is 134 cm³/mol. The van der Waals surface area contributed by atoms with Crippen LogP contribution in [0.25, 0.3) is 0 Å². The van der Waals surface area contributed by atoms with Crippen LogP contribution in [0.3, 0.4) is 0 Å². The number of aromatic hydroxyl groups is 3. The normalized spacial score (nSPS) is 10.5. The van der Waals surface area contributed by atoms with Gasteiger partial charge < -0.3 is 15.3 Å². The SMILES string of the molecule is CCCCP.Cc1ccc(O)c(Cc2cc(C)cc(Cc3cc(C)ccc3O)c2O)c1. The van der Waals surface area contributed by atoms with Gasteiger partial charge in [0.25, 0.3) is 0 Å². The number of rotatable bonds is 6. The molecule has 0 saturated heterocycles. The van der Waals surface area contributed by atoms with Crippen molar-refractivity contribution in [3.8, 4) is 17.2 Å². The van der Waals surface area contributed by atoms with Crippen molar-refractivity contribution in [3.63, 3.8) is 0 Å². The van der Waals surface area contributed by atoms with Gasteiger partial charge in [-0.05, 0) is 61.3 Å². The van der Waals surface area contributed by atoms with Gasteiger partial charge in [-0.25, -0.2) is 0 Å². The molecule has 0 fully saturated rings. The van der Waals surface area contributed by atoms with Crippen LogP contribution in [0, 0.1) is 20.8 Å². The summed E-state index contributed by atoms with van der Waals surface area (Å²) in [6.07, 6.45) is 4.84. The lowest BCUT2D eigenvalue weighted by molar-refractivity contribution is 0.456. The first-order valence-electron chi connectivity index (χ1n) is 10.8. The molecule has 166 valence electrons. The molecule has 0 heterocycles. The van der Waals surface area contributed by atoms with Gasteiger partial charge in [0.05, 0.1) is 0 Å². The minimum Gasteiger partial charge on any atom is -0.508 e. The van der Waals surface area contributed by atoms with Gasteiger partial charge in [0, 0.05) is 12.8 Å². The van der Waals surface area contributed by atoms with Gasteiger partial charge in [0.2, 0.25) is 0 Å². The number of unbranched alkanes of at least 4 members (excludes halogenated alkanes) is 1. The number of benzene rings is 3. The molecule has 3 aromatic carbocycles. The maximum absolute atomic E-state index is 10.8. The maximum atomic E-state index is 10.8. The molecule has 0 amide bonds. The van der Waals surface area contributed by atoms with E-state index in [4.69, 9.17) is 0 Å². The fraction of sp³-hybridized carbons (Fsp3) is 0.333. The largest absolute Gasteiger partial charge is 0.508 e. The minimum atomic E-state index is 0.220. The Morgan fingerprint density at radius 1 is 0.645 bits per heavy atom. The molecule has 0 aromatic heterocycles. The molecule has 3 nitrogen and oxygen atoms in total. The number of phenolic OH excluding ortho intramolecular Hbond substituents is 3. The van der Waals surface area contributed by atoms with Crippen LogP contribution in [-0.2, 0) is 12.8 Å². The van der Waals surface area contributed by atoms with Crippen LogP contribution in [-0.4, -0.2) is 21.5 Å². The van der Waals surface area contributed by atoms with Crippen molar-refractivity contribution >= 4 is 9.24 Å². The fourth-order valence-electron chi connectivity index (χ4n) is 3.53. The van der Waals surface area contributed by atoms with Gasteiger partial charge in [-0.1, -0.05) is 72.9 Å². The van der Waals surface area contributed by atoms with E-state index in [-0.39, 0.29) is 17.2 Å². The lowest BCUT2D eigenvalue weighted by Crippen LogP contribution is -1.97. The summed E-state index contributed by atoms with van der Waals surface area (Å²) in [5.74, 6) is 0.682. The summed E-state index contributed by atoms with van der Waals surface area (Å²) in [5.41, 5.74) is 6.28. The zero-order valence-corrected chi connectivity index (χ0v) is 20.2. The Morgan fingerprint density at radius 2 is 1.06 bits per heavy atom. The first-order chi connectivity index (χ1) is 14.7. The molecular weight excluding hydrogens is 403 g/mol. The quantitative estimate of drug-likeness (QED) is 0.381. The smallest absolute Gasteiger partial charge is 0.122 e. The average Bonchev–Trinajstić information content (AvgIpc) is 2.72. The van der Waals surface area contributed by atoms with Gasteiger partial charge >= 0.3 is 0 Å². The molecular formula is C27H35O3P. The van der Waals surface area contributed by atoms with Crippen LogP contribution in [0.2, 0.25) is 0 Å². The summed E-state index contributed by atoms with van der Waals surface area (Å²) < 4.78 is 0. The summed E-state index contributed by atoms with van der Waals surface area (Å²) >= 11 is 0. The monoisotopic (exact) mass is 438 g/mol. The third kappa shape index (κ3) is 7.29. The highest BCUT2D eigenvalue weighted by Crippen LogP contribution is 2.32. The second-order valence-electron chi connectivity index (χ2n) is 8.19. The molecule has 1 unspecified atom stereocenters. The Bertz CT molecular complexity index is 935. The van der Waals surface area contributed by atoms with Crippen LogP contribution in [0.5, 0.6) is 17.2 Å². The molecule has 0 saturated carbocycles. The van der Waals surface area contributed by atoms with E-state index in [1.54, 1.807) is 12.1 Å². The lowest BCUT2D eigenvalue weighted by atomic mass is 9.94. The summed E-state index contributed by atoms with van der Waals surface area (Å²) in [6, 6.07) is 14.8. The Kier molecular flexibility index (Phi) is 9.40. The van der Waals surface area contributed by atoms with Gasteiger partial charge in [0.1, 0.15) is 17.2 Å². The lowest BCUT2D eigenvalue weighted by Gasteiger charge is -2.14. The number of hydrogen-bond acceptors (Lipinski definition) is 3. The molecule has 0 aliphatic heterocycles. The second kappa shape index (κ2) is 11.8. The Balaban J connectivity index is 0.000000614. The molecule has 3 aromatic rings. The third-order valence-electron chi connectivity index (χ3n) is 5.20. The van der Waals surface area contributed by atoms with Gasteiger partial charge in [-0.2, -0.15) is 0 Å². The van der Waals surface area contributed by atoms with Crippen molar-refractivity contribution in [1.29, 1.82) is 0 Å². The van der Waals surface area contributed by atoms with E-state index in [2.05, 4.69) is 16.2 Å². The summed E-state index contributed by atoms with van der Waals surface area (Å²) in [4.78, 5) is 0. The first-order valence-corrected chi connectivity index (χ1v) is 11.6. The van der Waals surface area contributed by atoms with E-state index in [9.17, 15) is 15.3 Å². The van der Waals surface area contributed by atoms with Crippen LogP contribution in [0.4, 0.5) is 0 Å². The highest BCUT2D eigenvalue weighted by Gasteiger charge is 2.14. The molecule has 0 bridgehead atoms. The number of hydrogen-bond donors (Lipinski definition) is 3. The average molecular weight is 439 g/mol. The maximum Gasteiger partial charge on any atom is 0.122 e. The van der Waals surface area contributed by atoms with Crippen molar-refractivity contribution in [1.82, 2.24) is 0 Å². The van der Waals surface area contributed by atoms with E-state index in [0.29, 0.717) is 12.8 Å². The van der Waals surface area contributed by atoms with E-state index in [1.165, 1.54) is 19.0 Å². The van der Waals surface area contributed by atoms with Crippen molar-refractivity contribution in [2.45, 2.75) is 53.4 Å². The van der Waals surface area contributed by atoms with Crippen molar-refractivity contribution < 1.29 is 15.3 Å². The summed E-state index contributed by atoms with van der Waals surface area (Å²) in [7, 11) is 2.70. The zero-order valence-electron chi connectivity index (χ0n) is 19.1. The number of aryl methyl sites for hydroxylation is 3. The third-order valence-corrected chi connectivity index (χ3v) is 5.61. The standard InChI is InChI=1S/C23H24O3.C4H11P/c1-14-4-6-21(24)17(8-14)12-19-10-16(3)11-20(23(19)26)13-18-9-15(2)5-7-22(18)25;1-2-3-4-5/h4-11,24-26H,12-13H2,1-3H3;2-5H2,1H3. The van der Waals surface area contributed by atoms with Crippen molar-refractivity contribution in [2.24, 2.45) is 0 Å². The molecule has 0 spiro atoms. The van der Waals surface area contributed by atoms with Crippen LogP contribution >= 0.6 is 9.24 Å². The van der Waals surface area contributed by atoms with E-state index in [0.717, 1.165) is 38.9 Å². The molecule has 4 heteroatoms. The Morgan fingerprint density at radius 3 is 1.42 bits per heavy atom. The molecule has 0 radical (unpaired) electrons. The molecule has 0 aliphatic rings. The van der Waals surface area contributed by atoms with E-state index < -0.39 is 0 Å². The second-order valence-corrected chi connectivity index (χ2v) is 8.77. The number of phenols is 3. The molecule has 1 atom stereocenters. The first kappa shape index (κ1) is 24.8. The van der Waals surface area contributed by atoms with Gasteiger partial charge in [0.15, 0.2) is 0 Å². The Labute approximate surface area is 189 Å². The van der Waals surface area contributed by atoms with E-state index >= 15 is 0 Å². The van der Waals surface area contributed by atoms with Gasteiger partial charge in [-0.3, -0.25) is 0 Å². The van der Waals surface area contributed by atoms with Crippen LogP contribution < -0.4 is 0 Å². The van der Waals surface area contributed by atoms with Crippen LogP contribution in [0.15, 0.2) is 48.5 Å². The highest BCUT2D eigenvalue weighted by atomic mass is 31.0. The Hall–Kier alpha value is -2.51. The van der Waals surface area contributed by atoms with Crippen molar-refractivity contribution in [3.05, 3.63) is 87.5 Å². The molecule has 31 heavy (non-hydrogen) atoms. The minimum absolute atomic E-state index is 0.220. The highest BCUT2D eigenvalue weighted by molar-refractivity contribution is 7.16. The zero-order chi connectivity index (χ0) is 23.0. The molecule has 0 aliphatic carbocycles. The topological polar surface area (TPSA) is 60.7 Å². The van der Waals surface area contributed by atoms with Crippen molar-refractivity contribution in [2.75, 3.05) is 6.16 Å². The molecule has 3 rings (SSSR count). The fourth-order valence-corrected chi connectivity index (χ4v) is 3.94.